The summed E-state index contributed by atoms with van der Waals surface area (Å²) in [7, 11) is 0. The highest BCUT2D eigenvalue weighted by molar-refractivity contribution is 6.07. The molecule has 2 aromatic heterocycles. The average Bonchev–Trinajstić information content (AvgIpc) is 3.46. The van der Waals surface area contributed by atoms with Gasteiger partial charge in [0.15, 0.2) is 0 Å². The lowest BCUT2D eigenvalue weighted by Crippen LogP contribution is -2.34. The fourth-order valence-corrected chi connectivity index (χ4v) is 4.13. The zero-order valence-electron chi connectivity index (χ0n) is 19.8. The molecular formula is C29H26N4O3. The quantitative estimate of drug-likeness (QED) is 0.262. The van der Waals surface area contributed by atoms with Crippen LogP contribution in [0, 0.1) is 0 Å². The number of aromatic nitrogens is 2. The maximum atomic E-state index is 12.4. The van der Waals surface area contributed by atoms with Crippen LogP contribution < -0.4 is 10.6 Å². The lowest BCUT2D eigenvalue weighted by molar-refractivity contribution is 0.168. The molecule has 0 fully saturated rings. The molecule has 7 nitrogen and oxygen atoms in total. The van der Waals surface area contributed by atoms with Gasteiger partial charge in [0.1, 0.15) is 6.26 Å². The van der Waals surface area contributed by atoms with Crippen LogP contribution in [0.4, 0.5) is 10.5 Å². The fraction of sp³-hybridized carbons (Fsp3) is 0.138. The Kier molecular flexibility index (Phi) is 6.73. The number of aliphatic hydroxyl groups excluding tert-OH is 1. The van der Waals surface area contributed by atoms with E-state index in [0.717, 1.165) is 38.9 Å². The topological polar surface area (TPSA) is 100 Å². The number of carbonyl (C=O) groups excluding carboxylic acids is 1. The van der Waals surface area contributed by atoms with Crippen molar-refractivity contribution in [2.24, 2.45) is 0 Å². The van der Waals surface area contributed by atoms with Gasteiger partial charge >= 0.3 is 6.03 Å². The second kappa shape index (κ2) is 10.4. The Bertz CT molecular complexity index is 1470. The first-order chi connectivity index (χ1) is 17.6. The van der Waals surface area contributed by atoms with Crippen molar-refractivity contribution in [3.05, 3.63) is 91.3 Å². The molecule has 5 rings (SSSR count). The molecule has 1 atom stereocenters. The van der Waals surface area contributed by atoms with Gasteiger partial charge in [-0.25, -0.2) is 14.8 Å². The van der Waals surface area contributed by atoms with E-state index in [2.05, 4.69) is 15.6 Å². The molecule has 0 aliphatic heterocycles. The first-order valence-electron chi connectivity index (χ1n) is 11.9. The van der Waals surface area contributed by atoms with Crippen molar-refractivity contribution >= 4 is 22.6 Å². The number of nitrogens with one attached hydrogen (secondary N) is 2. The number of fused-ring (bicyclic) bond motifs is 1. The molecule has 0 radical (unpaired) electrons. The highest BCUT2D eigenvalue weighted by Crippen LogP contribution is 2.43. The number of hydrogen-bond donors (Lipinski definition) is 3. The van der Waals surface area contributed by atoms with Crippen LogP contribution >= 0.6 is 0 Å². The molecule has 180 valence electrons. The highest BCUT2D eigenvalue weighted by atomic mass is 16.3. The van der Waals surface area contributed by atoms with E-state index in [9.17, 15) is 9.90 Å². The third-order valence-corrected chi connectivity index (χ3v) is 5.97. The lowest BCUT2D eigenvalue weighted by Gasteiger charge is -2.17. The van der Waals surface area contributed by atoms with Crippen molar-refractivity contribution in [3.63, 3.8) is 0 Å². The minimum absolute atomic E-state index is 0.178. The van der Waals surface area contributed by atoms with Crippen molar-refractivity contribution < 1.29 is 14.3 Å². The van der Waals surface area contributed by atoms with E-state index >= 15 is 0 Å². The molecule has 3 aromatic carbocycles. The van der Waals surface area contributed by atoms with Gasteiger partial charge in [-0.1, -0.05) is 67.6 Å². The first kappa shape index (κ1) is 23.3. The van der Waals surface area contributed by atoms with Crippen molar-refractivity contribution in [1.82, 2.24) is 15.3 Å². The molecule has 0 aliphatic rings. The number of carbonyl (C=O) groups is 1. The molecule has 1 unspecified atom stereocenters. The number of benzene rings is 3. The molecule has 0 spiro atoms. The van der Waals surface area contributed by atoms with E-state index in [1.807, 2.05) is 85.8 Å². The van der Waals surface area contributed by atoms with Crippen LogP contribution in [0.25, 0.3) is 44.7 Å². The highest BCUT2D eigenvalue weighted by Gasteiger charge is 2.22. The molecular weight excluding hydrogens is 452 g/mol. The first-order valence-corrected chi connectivity index (χ1v) is 11.9. The van der Waals surface area contributed by atoms with E-state index < -0.39 is 12.1 Å². The molecule has 36 heavy (non-hydrogen) atoms. The number of nitrogens with zero attached hydrogens (tertiary/aromatic N) is 2. The summed E-state index contributed by atoms with van der Waals surface area (Å²) < 4.78 is 5.81. The van der Waals surface area contributed by atoms with Crippen LogP contribution in [0.15, 0.2) is 95.7 Å². The summed E-state index contributed by atoms with van der Waals surface area (Å²) in [6.07, 6.45) is 3.14. The molecule has 7 heteroatoms. The number of anilines is 1. The normalized spacial score (nSPS) is 11.8. The van der Waals surface area contributed by atoms with Crippen LogP contribution in [0.3, 0.4) is 0 Å². The van der Waals surface area contributed by atoms with E-state index in [1.54, 1.807) is 12.5 Å². The van der Waals surface area contributed by atoms with Crippen molar-refractivity contribution in [3.8, 4) is 33.8 Å². The second-order valence-electron chi connectivity index (χ2n) is 8.41. The van der Waals surface area contributed by atoms with E-state index in [-0.39, 0.29) is 6.54 Å². The van der Waals surface area contributed by atoms with Crippen molar-refractivity contribution in [2.45, 2.75) is 19.4 Å². The molecule has 2 amide bonds. The van der Waals surface area contributed by atoms with Gasteiger partial charge in [-0.15, -0.1) is 0 Å². The smallest absolute Gasteiger partial charge is 0.319 e. The standard InChI is InChI=1S/C29H26N4O3/c1-2-22(34)18-31-29(35)32-21-13-14-24-23(17-21)26(28-30-15-16-36-28)25(19-9-5-3-6-10-19)27(33-24)20-11-7-4-8-12-20/h3-17,22,34H,2,18H2,1H3,(H2,31,32,35). The van der Waals surface area contributed by atoms with Gasteiger partial charge in [-0.3, -0.25) is 0 Å². The van der Waals surface area contributed by atoms with Gasteiger partial charge in [-0.05, 0) is 30.2 Å². The molecule has 2 heterocycles. The van der Waals surface area contributed by atoms with Crippen LogP contribution in [0.2, 0.25) is 0 Å². The van der Waals surface area contributed by atoms with Crippen LogP contribution in [0.5, 0.6) is 0 Å². The monoisotopic (exact) mass is 478 g/mol. The molecule has 0 bridgehead atoms. The molecule has 0 saturated carbocycles. The largest absolute Gasteiger partial charge is 0.444 e. The number of pyridine rings is 1. The number of amides is 2. The predicted molar refractivity (Wildman–Crippen MR) is 141 cm³/mol. The van der Waals surface area contributed by atoms with Gasteiger partial charge < -0.3 is 20.2 Å². The number of aliphatic hydroxyl groups is 1. The summed E-state index contributed by atoms with van der Waals surface area (Å²) in [6, 6.07) is 25.2. The molecule has 5 aromatic rings. The maximum Gasteiger partial charge on any atom is 0.319 e. The average molecular weight is 479 g/mol. The molecule has 0 aliphatic carbocycles. The summed E-state index contributed by atoms with van der Waals surface area (Å²) in [6.45, 7) is 2.04. The van der Waals surface area contributed by atoms with Crippen LogP contribution in [0.1, 0.15) is 13.3 Å². The number of urea groups is 1. The zero-order chi connectivity index (χ0) is 24.9. The van der Waals surface area contributed by atoms with Crippen molar-refractivity contribution in [1.29, 1.82) is 0 Å². The Hall–Kier alpha value is -4.49. The number of rotatable bonds is 7. The fourth-order valence-electron chi connectivity index (χ4n) is 4.13. The summed E-state index contributed by atoms with van der Waals surface area (Å²) in [5.41, 5.74) is 5.78. The summed E-state index contributed by atoms with van der Waals surface area (Å²) >= 11 is 0. The Morgan fingerprint density at radius 3 is 2.36 bits per heavy atom. The Morgan fingerprint density at radius 2 is 1.69 bits per heavy atom. The SMILES string of the molecule is CCC(O)CNC(=O)Nc1ccc2nc(-c3ccccc3)c(-c3ccccc3)c(-c3ncco3)c2c1. The summed E-state index contributed by atoms with van der Waals surface area (Å²) in [5, 5.41) is 16.1. The van der Waals surface area contributed by atoms with E-state index in [4.69, 9.17) is 9.40 Å². The predicted octanol–water partition coefficient (Wildman–Crippen LogP) is 6.12. The van der Waals surface area contributed by atoms with Gasteiger partial charge in [0.25, 0.3) is 0 Å². The minimum atomic E-state index is -0.585. The number of oxazole rings is 1. The summed E-state index contributed by atoms with van der Waals surface area (Å²) in [5.74, 6) is 0.464. The Balaban J connectivity index is 1.70. The van der Waals surface area contributed by atoms with Gasteiger partial charge in [0.2, 0.25) is 5.89 Å². The molecule has 0 saturated heterocycles. The van der Waals surface area contributed by atoms with Crippen LogP contribution in [-0.4, -0.2) is 33.8 Å². The third-order valence-electron chi connectivity index (χ3n) is 5.97. The Morgan fingerprint density at radius 1 is 0.972 bits per heavy atom. The molecule has 3 N–H and O–H groups in total. The zero-order valence-corrected chi connectivity index (χ0v) is 19.8. The third kappa shape index (κ3) is 4.82. The van der Waals surface area contributed by atoms with Gasteiger partial charge in [-0.2, -0.15) is 0 Å². The second-order valence-corrected chi connectivity index (χ2v) is 8.41. The minimum Gasteiger partial charge on any atom is -0.444 e. The van der Waals surface area contributed by atoms with Crippen molar-refractivity contribution in [2.75, 3.05) is 11.9 Å². The van der Waals surface area contributed by atoms with Gasteiger partial charge in [0.05, 0.1) is 29.1 Å². The lowest BCUT2D eigenvalue weighted by atomic mass is 9.91. The van der Waals surface area contributed by atoms with Gasteiger partial charge in [0, 0.05) is 28.7 Å². The van der Waals surface area contributed by atoms with E-state index in [0.29, 0.717) is 18.0 Å². The Labute approximate surface area is 208 Å². The number of hydrogen-bond acceptors (Lipinski definition) is 5. The maximum absolute atomic E-state index is 12.4. The van der Waals surface area contributed by atoms with Crippen LogP contribution in [-0.2, 0) is 0 Å². The van der Waals surface area contributed by atoms with E-state index in [1.165, 1.54) is 0 Å². The summed E-state index contributed by atoms with van der Waals surface area (Å²) in [4.78, 5) is 22.0.